The predicted octanol–water partition coefficient (Wildman–Crippen LogP) is -0.0155. The zero-order valence-electron chi connectivity index (χ0n) is 10.5. The first-order chi connectivity index (χ1) is 9.04. The highest BCUT2D eigenvalue weighted by atomic mass is 16.5. The minimum Gasteiger partial charge on any atom is -0.480 e. The number of carboxylic acid groups (broad SMARTS) is 1. The molecule has 0 aromatic carbocycles. The average molecular weight is 268 g/mol. The summed E-state index contributed by atoms with van der Waals surface area (Å²) in [5, 5.41) is 11.4. The first kappa shape index (κ1) is 14.9. The Balaban J connectivity index is 2.63. The van der Waals surface area contributed by atoms with Crippen molar-refractivity contribution in [1.82, 2.24) is 10.3 Å². The molecule has 0 radical (unpaired) electrons. The van der Waals surface area contributed by atoms with Crippen LogP contribution in [0.5, 0.6) is 0 Å². The summed E-state index contributed by atoms with van der Waals surface area (Å²) in [5.74, 6) is -1.64. The van der Waals surface area contributed by atoms with Crippen molar-refractivity contribution < 1.29 is 19.4 Å². The van der Waals surface area contributed by atoms with Gasteiger partial charge in [0, 0.05) is 26.0 Å². The van der Waals surface area contributed by atoms with E-state index in [1.54, 1.807) is 0 Å². The molecular weight excluding hydrogens is 252 g/mol. The second kappa shape index (κ2) is 7.32. The summed E-state index contributed by atoms with van der Waals surface area (Å²) in [6.07, 6.45) is 2.05. The number of methoxy groups -OCH3 is 1. The van der Waals surface area contributed by atoms with Gasteiger partial charge in [-0.15, -0.1) is 0 Å². The molecule has 19 heavy (non-hydrogen) atoms. The molecule has 0 aliphatic rings. The Labute approximate surface area is 109 Å². The molecule has 1 rings (SSSR count). The molecule has 0 aliphatic heterocycles. The normalized spacial score (nSPS) is 11.8. The molecule has 1 aromatic heterocycles. The van der Waals surface area contributed by atoms with Crippen molar-refractivity contribution in [2.24, 2.45) is 0 Å². The van der Waals surface area contributed by atoms with Gasteiger partial charge in [0.2, 0.25) is 5.56 Å². The lowest BCUT2D eigenvalue weighted by Gasteiger charge is -2.14. The lowest BCUT2D eigenvalue weighted by molar-refractivity contribution is -0.139. The zero-order valence-corrected chi connectivity index (χ0v) is 10.5. The first-order valence-electron chi connectivity index (χ1n) is 5.76. The van der Waals surface area contributed by atoms with Crippen molar-refractivity contribution >= 4 is 11.9 Å². The van der Waals surface area contributed by atoms with Crippen molar-refractivity contribution in [2.75, 3.05) is 13.7 Å². The van der Waals surface area contributed by atoms with Gasteiger partial charge in [0.05, 0.1) is 5.56 Å². The molecule has 0 fully saturated rings. The first-order valence-corrected chi connectivity index (χ1v) is 5.76. The van der Waals surface area contributed by atoms with Crippen molar-refractivity contribution in [3.63, 3.8) is 0 Å². The summed E-state index contributed by atoms with van der Waals surface area (Å²) in [6.45, 7) is 0.429. The molecule has 0 saturated carbocycles. The van der Waals surface area contributed by atoms with E-state index in [-0.39, 0.29) is 17.5 Å². The van der Waals surface area contributed by atoms with Crippen molar-refractivity contribution in [2.45, 2.75) is 18.9 Å². The number of aliphatic carboxylic acids is 1. The molecule has 1 unspecified atom stereocenters. The van der Waals surface area contributed by atoms with E-state index in [1.807, 2.05) is 0 Å². The van der Waals surface area contributed by atoms with Crippen LogP contribution in [-0.4, -0.2) is 41.7 Å². The van der Waals surface area contributed by atoms with E-state index in [0.29, 0.717) is 13.0 Å². The number of ether oxygens (including phenoxy) is 1. The number of amides is 1. The van der Waals surface area contributed by atoms with Gasteiger partial charge in [0.1, 0.15) is 6.04 Å². The van der Waals surface area contributed by atoms with Crippen LogP contribution in [0.2, 0.25) is 0 Å². The van der Waals surface area contributed by atoms with Crippen LogP contribution in [0.4, 0.5) is 0 Å². The van der Waals surface area contributed by atoms with Crippen LogP contribution in [0.1, 0.15) is 23.2 Å². The quantitative estimate of drug-likeness (QED) is 0.602. The van der Waals surface area contributed by atoms with Crippen LogP contribution in [0.3, 0.4) is 0 Å². The van der Waals surface area contributed by atoms with E-state index in [0.717, 1.165) is 0 Å². The summed E-state index contributed by atoms with van der Waals surface area (Å²) in [7, 11) is 1.52. The maximum Gasteiger partial charge on any atom is 0.326 e. The molecule has 0 bridgehead atoms. The van der Waals surface area contributed by atoms with E-state index >= 15 is 0 Å². The zero-order chi connectivity index (χ0) is 14.3. The molecule has 1 atom stereocenters. The smallest absolute Gasteiger partial charge is 0.326 e. The SMILES string of the molecule is COCCCC(NC(=O)c1ccc(=O)[nH]c1)C(=O)O. The van der Waals surface area contributed by atoms with E-state index in [4.69, 9.17) is 9.84 Å². The van der Waals surface area contributed by atoms with Crippen LogP contribution in [0, 0.1) is 0 Å². The van der Waals surface area contributed by atoms with Gasteiger partial charge in [0.15, 0.2) is 0 Å². The molecule has 0 aliphatic carbocycles. The average Bonchev–Trinajstić information content (AvgIpc) is 2.38. The van der Waals surface area contributed by atoms with Crippen LogP contribution in [0.15, 0.2) is 23.1 Å². The largest absolute Gasteiger partial charge is 0.480 e. The third-order valence-electron chi connectivity index (χ3n) is 2.49. The molecule has 1 amide bonds. The highest BCUT2D eigenvalue weighted by Gasteiger charge is 2.20. The number of H-pyrrole nitrogens is 1. The van der Waals surface area contributed by atoms with Gasteiger partial charge in [-0.05, 0) is 18.9 Å². The van der Waals surface area contributed by atoms with Gasteiger partial charge in [-0.2, -0.15) is 0 Å². The van der Waals surface area contributed by atoms with E-state index in [1.165, 1.54) is 25.4 Å². The van der Waals surface area contributed by atoms with Gasteiger partial charge in [-0.25, -0.2) is 4.79 Å². The number of hydrogen-bond acceptors (Lipinski definition) is 4. The fraction of sp³-hybridized carbons (Fsp3) is 0.417. The molecule has 1 heterocycles. The number of carbonyl (C=O) groups excluding carboxylic acids is 1. The number of nitrogens with one attached hydrogen (secondary N) is 2. The summed E-state index contributed by atoms with van der Waals surface area (Å²) >= 11 is 0. The monoisotopic (exact) mass is 268 g/mol. The minimum absolute atomic E-state index is 0.206. The third-order valence-corrected chi connectivity index (χ3v) is 2.49. The molecule has 1 aromatic rings. The second-order valence-corrected chi connectivity index (χ2v) is 3.94. The van der Waals surface area contributed by atoms with Crippen molar-refractivity contribution in [3.05, 3.63) is 34.2 Å². The van der Waals surface area contributed by atoms with Gasteiger partial charge in [-0.1, -0.05) is 0 Å². The second-order valence-electron chi connectivity index (χ2n) is 3.94. The fourth-order valence-electron chi connectivity index (χ4n) is 1.48. The maximum absolute atomic E-state index is 11.8. The molecule has 104 valence electrons. The Hall–Kier alpha value is -2.15. The van der Waals surface area contributed by atoms with Crippen LogP contribution in [-0.2, 0) is 9.53 Å². The van der Waals surface area contributed by atoms with Gasteiger partial charge in [-0.3, -0.25) is 9.59 Å². The number of rotatable bonds is 7. The molecule has 7 nitrogen and oxygen atoms in total. The Morgan fingerprint density at radius 2 is 2.21 bits per heavy atom. The van der Waals surface area contributed by atoms with Gasteiger partial charge >= 0.3 is 5.97 Å². The van der Waals surface area contributed by atoms with Crippen LogP contribution < -0.4 is 10.9 Å². The number of pyridine rings is 1. The van der Waals surface area contributed by atoms with E-state index in [9.17, 15) is 14.4 Å². The Kier molecular flexibility index (Phi) is 5.74. The lowest BCUT2D eigenvalue weighted by Crippen LogP contribution is -2.41. The molecular formula is C12H16N2O5. The molecule has 0 saturated heterocycles. The highest BCUT2D eigenvalue weighted by molar-refractivity contribution is 5.96. The van der Waals surface area contributed by atoms with Gasteiger partial charge < -0.3 is 20.1 Å². The maximum atomic E-state index is 11.8. The Morgan fingerprint density at radius 1 is 1.47 bits per heavy atom. The number of carboxylic acids is 1. The number of hydrogen-bond donors (Lipinski definition) is 3. The summed E-state index contributed by atoms with van der Waals surface area (Å²) < 4.78 is 4.83. The molecule has 0 spiro atoms. The minimum atomic E-state index is -1.10. The third kappa shape index (κ3) is 4.92. The molecule has 7 heteroatoms. The van der Waals surface area contributed by atoms with Crippen LogP contribution in [0.25, 0.3) is 0 Å². The fourth-order valence-corrected chi connectivity index (χ4v) is 1.48. The highest BCUT2D eigenvalue weighted by Crippen LogP contribution is 2.01. The van der Waals surface area contributed by atoms with E-state index < -0.39 is 17.9 Å². The Bertz CT molecular complexity index is 477. The van der Waals surface area contributed by atoms with E-state index in [2.05, 4.69) is 10.3 Å². The Morgan fingerprint density at radius 3 is 2.74 bits per heavy atom. The number of aromatic amines is 1. The topological polar surface area (TPSA) is 108 Å². The van der Waals surface area contributed by atoms with Crippen molar-refractivity contribution in [3.8, 4) is 0 Å². The number of aromatic nitrogens is 1. The van der Waals surface area contributed by atoms with Gasteiger partial charge in [0.25, 0.3) is 5.91 Å². The summed E-state index contributed by atoms with van der Waals surface area (Å²) in [5.41, 5.74) is -0.121. The summed E-state index contributed by atoms with van der Waals surface area (Å²) in [4.78, 5) is 36.0. The lowest BCUT2D eigenvalue weighted by atomic mass is 10.1. The summed E-state index contributed by atoms with van der Waals surface area (Å²) in [6, 6.07) is 1.56. The van der Waals surface area contributed by atoms with Crippen molar-refractivity contribution in [1.29, 1.82) is 0 Å². The molecule has 3 N–H and O–H groups in total. The van der Waals surface area contributed by atoms with Crippen LogP contribution >= 0.6 is 0 Å². The standard InChI is InChI=1S/C12H16N2O5/c1-19-6-2-3-9(12(17)18)14-11(16)8-4-5-10(15)13-7-8/h4-5,7,9H,2-3,6H2,1H3,(H,13,15)(H,14,16)(H,17,18). The predicted molar refractivity (Wildman–Crippen MR) is 67.1 cm³/mol. The number of carbonyl (C=O) groups is 2.